The van der Waals surface area contributed by atoms with Crippen LogP contribution in [0.5, 0.6) is 11.5 Å². The van der Waals surface area contributed by atoms with Crippen molar-refractivity contribution in [1.82, 2.24) is 0 Å². The van der Waals surface area contributed by atoms with E-state index in [4.69, 9.17) is 4.74 Å². The summed E-state index contributed by atoms with van der Waals surface area (Å²) in [6.45, 7) is 0. The van der Waals surface area contributed by atoms with Crippen LogP contribution in [0.2, 0.25) is 0 Å². The van der Waals surface area contributed by atoms with E-state index in [-0.39, 0.29) is 5.75 Å². The zero-order valence-electron chi connectivity index (χ0n) is 11.5. The molecule has 0 radical (unpaired) electrons. The number of carbonyl (C=O) groups is 1. The first-order valence-corrected chi connectivity index (χ1v) is 6.18. The predicted molar refractivity (Wildman–Crippen MR) is 74.1 cm³/mol. The summed E-state index contributed by atoms with van der Waals surface area (Å²) in [5.41, 5.74) is 0.720. The van der Waals surface area contributed by atoms with Crippen LogP contribution >= 0.6 is 0 Å². The average Bonchev–Trinajstić information content (AvgIpc) is 2.48. The molecule has 0 unspecified atom stereocenters. The van der Waals surface area contributed by atoms with Crippen molar-refractivity contribution < 1.29 is 27.4 Å². The molecule has 1 amide bonds. The topological polar surface area (TPSA) is 47.6 Å². The third-order valence-electron chi connectivity index (χ3n) is 2.68. The van der Waals surface area contributed by atoms with E-state index in [1.165, 1.54) is 19.2 Å². The highest BCUT2D eigenvalue weighted by Crippen LogP contribution is 2.24. The van der Waals surface area contributed by atoms with Crippen molar-refractivity contribution in [3.63, 3.8) is 0 Å². The molecule has 0 aliphatic rings. The third kappa shape index (κ3) is 4.41. The molecule has 0 spiro atoms. The Labute approximate surface area is 124 Å². The first kappa shape index (κ1) is 15.7. The van der Waals surface area contributed by atoms with Crippen molar-refractivity contribution in [2.24, 2.45) is 0 Å². The number of halogens is 3. The number of benzene rings is 2. The maximum Gasteiger partial charge on any atom is 0.573 e. The molecule has 4 nitrogen and oxygen atoms in total. The minimum Gasteiger partial charge on any atom is -0.497 e. The summed E-state index contributed by atoms with van der Waals surface area (Å²) >= 11 is 0. The van der Waals surface area contributed by atoms with Crippen LogP contribution in [-0.2, 0) is 0 Å². The fourth-order valence-corrected chi connectivity index (χ4v) is 1.71. The van der Waals surface area contributed by atoms with Crippen molar-refractivity contribution in [3.8, 4) is 11.5 Å². The van der Waals surface area contributed by atoms with Gasteiger partial charge in [0.2, 0.25) is 0 Å². The van der Waals surface area contributed by atoms with Gasteiger partial charge in [-0.25, -0.2) is 0 Å². The van der Waals surface area contributed by atoms with Crippen LogP contribution in [0.3, 0.4) is 0 Å². The fourth-order valence-electron chi connectivity index (χ4n) is 1.71. The van der Waals surface area contributed by atoms with E-state index in [9.17, 15) is 18.0 Å². The molecule has 0 aromatic heterocycles. The Hall–Kier alpha value is -2.70. The second-order valence-corrected chi connectivity index (χ2v) is 4.26. The highest BCUT2D eigenvalue weighted by Gasteiger charge is 2.30. The summed E-state index contributed by atoms with van der Waals surface area (Å²) in [6.07, 6.45) is -4.74. The van der Waals surface area contributed by atoms with Crippen molar-refractivity contribution in [3.05, 3.63) is 54.1 Å². The van der Waals surface area contributed by atoms with Gasteiger partial charge in [-0.3, -0.25) is 4.79 Å². The van der Waals surface area contributed by atoms with Gasteiger partial charge in [0.15, 0.2) is 0 Å². The smallest absolute Gasteiger partial charge is 0.497 e. The molecule has 7 heteroatoms. The normalized spacial score (nSPS) is 10.9. The van der Waals surface area contributed by atoms with E-state index in [2.05, 4.69) is 10.1 Å². The van der Waals surface area contributed by atoms with Gasteiger partial charge in [0.1, 0.15) is 11.5 Å². The molecule has 0 aliphatic carbocycles. The summed E-state index contributed by atoms with van der Waals surface area (Å²) in [4.78, 5) is 12.0. The lowest BCUT2D eigenvalue weighted by Gasteiger charge is -2.10. The van der Waals surface area contributed by atoms with Crippen LogP contribution in [0.15, 0.2) is 48.5 Å². The number of hydrogen-bond donors (Lipinski definition) is 1. The number of amides is 1. The minimum absolute atomic E-state index is 0.349. The molecule has 116 valence electrons. The van der Waals surface area contributed by atoms with Gasteiger partial charge in [-0.05, 0) is 42.5 Å². The van der Waals surface area contributed by atoms with Crippen molar-refractivity contribution in [2.75, 3.05) is 12.4 Å². The molecule has 0 aliphatic heterocycles. The molecule has 0 fully saturated rings. The highest BCUT2D eigenvalue weighted by atomic mass is 19.4. The Balaban J connectivity index is 2.05. The van der Waals surface area contributed by atoms with E-state index in [0.29, 0.717) is 17.0 Å². The summed E-state index contributed by atoms with van der Waals surface area (Å²) in [6, 6.07) is 11.4. The van der Waals surface area contributed by atoms with Crippen molar-refractivity contribution in [2.45, 2.75) is 6.36 Å². The number of rotatable bonds is 4. The van der Waals surface area contributed by atoms with E-state index in [1.54, 1.807) is 24.3 Å². The summed E-state index contributed by atoms with van der Waals surface area (Å²) in [7, 11) is 1.48. The van der Waals surface area contributed by atoms with Gasteiger partial charge in [-0.2, -0.15) is 0 Å². The SMILES string of the molecule is COc1cccc(C(=O)Nc2ccc(OC(F)(F)F)cc2)c1. The monoisotopic (exact) mass is 311 g/mol. The zero-order chi connectivity index (χ0) is 16.2. The molecule has 0 saturated heterocycles. The minimum atomic E-state index is -4.74. The fraction of sp³-hybridized carbons (Fsp3) is 0.133. The number of anilines is 1. The second kappa shape index (κ2) is 6.38. The van der Waals surface area contributed by atoms with Crippen LogP contribution < -0.4 is 14.8 Å². The Morgan fingerprint density at radius 1 is 1.05 bits per heavy atom. The van der Waals surface area contributed by atoms with Gasteiger partial charge >= 0.3 is 6.36 Å². The number of methoxy groups -OCH3 is 1. The van der Waals surface area contributed by atoms with E-state index < -0.39 is 12.3 Å². The van der Waals surface area contributed by atoms with Crippen LogP contribution in [0.1, 0.15) is 10.4 Å². The highest BCUT2D eigenvalue weighted by molar-refractivity contribution is 6.04. The predicted octanol–water partition coefficient (Wildman–Crippen LogP) is 3.85. The van der Waals surface area contributed by atoms with Crippen molar-refractivity contribution in [1.29, 1.82) is 0 Å². The number of ether oxygens (including phenoxy) is 2. The number of nitrogens with one attached hydrogen (secondary N) is 1. The van der Waals surface area contributed by atoms with E-state index in [1.807, 2.05) is 0 Å². The Morgan fingerprint density at radius 2 is 1.73 bits per heavy atom. The molecule has 0 saturated carbocycles. The van der Waals surface area contributed by atoms with Crippen LogP contribution in [0.25, 0.3) is 0 Å². The molecule has 2 aromatic rings. The number of carbonyl (C=O) groups excluding carboxylic acids is 1. The molecular weight excluding hydrogens is 299 g/mol. The molecule has 0 heterocycles. The van der Waals surface area contributed by atoms with Crippen molar-refractivity contribution >= 4 is 11.6 Å². The van der Waals surface area contributed by atoms with Gasteiger partial charge < -0.3 is 14.8 Å². The molecule has 2 rings (SSSR count). The average molecular weight is 311 g/mol. The standard InChI is InChI=1S/C15H12F3NO3/c1-21-13-4-2-3-10(9-13)14(20)19-11-5-7-12(8-6-11)22-15(16,17)18/h2-9H,1H3,(H,19,20). The van der Waals surface area contributed by atoms with E-state index >= 15 is 0 Å². The molecule has 22 heavy (non-hydrogen) atoms. The molecule has 2 aromatic carbocycles. The second-order valence-electron chi connectivity index (χ2n) is 4.26. The van der Waals surface area contributed by atoms with E-state index in [0.717, 1.165) is 12.1 Å². The van der Waals surface area contributed by atoms with Gasteiger partial charge in [0.25, 0.3) is 5.91 Å². The summed E-state index contributed by atoms with van der Waals surface area (Å²) in [5.74, 6) is -0.225. The molecular formula is C15H12F3NO3. The maximum atomic E-state index is 12.0. The zero-order valence-corrected chi connectivity index (χ0v) is 11.5. The quantitative estimate of drug-likeness (QED) is 0.933. The van der Waals surface area contributed by atoms with Crippen LogP contribution in [0, 0.1) is 0 Å². The molecule has 0 atom stereocenters. The first-order chi connectivity index (χ1) is 10.4. The molecule has 0 bridgehead atoms. The maximum absolute atomic E-state index is 12.0. The van der Waals surface area contributed by atoms with Gasteiger partial charge in [0, 0.05) is 11.3 Å². The number of alkyl halides is 3. The lowest BCUT2D eigenvalue weighted by Crippen LogP contribution is -2.17. The molecule has 1 N–H and O–H groups in total. The Morgan fingerprint density at radius 3 is 2.32 bits per heavy atom. The lowest BCUT2D eigenvalue weighted by molar-refractivity contribution is -0.274. The third-order valence-corrected chi connectivity index (χ3v) is 2.68. The summed E-state index contributed by atoms with van der Waals surface area (Å²) in [5, 5.41) is 2.57. The van der Waals surface area contributed by atoms with Gasteiger partial charge in [-0.15, -0.1) is 13.2 Å². The van der Waals surface area contributed by atoms with Gasteiger partial charge in [0.05, 0.1) is 7.11 Å². The first-order valence-electron chi connectivity index (χ1n) is 6.18. The Bertz CT molecular complexity index is 654. The lowest BCUT2D eigenvalue weighted by atomic mass is 10.2. The van der Waals surface area contributed by atoms with Crippen LogP contribution in [0.4, 0.5) is 18.9 Å². The van der Waals surface area contributed by atoms with Gasteiger partial charge in [-0.1, -0.05) is 6.07 Å². The number of hydrogen-bond acceptors (Lipinski definition) is 3. The van der Waals surface area contributed by atoms with Crippen LogP contribution in [-0.4, -0.2) is 19.4 Å². The summed E-state index contributed by atoms with van der Waals surface area (Å²) < 4.78 is 44.9. The largest absolute Gasteiger partial charge is 0.573 e. The Kier molecular flexibility index (Phi) is 4.55.